The normalized spacial score (nSPS) is 19.8. The fourth-order valence-electron chi connectivity index (χ4n) is 2.78. The van der Waals surface area contributed by atoms with Crippen LogP contribution in [0.15, 0.2) is 34.5 Å². The highest BCUT2D eigenvalue weighted by molar-refractivity contribution is 6.05. The first kappa shape index (κ1) is 17.0. The molecule has 0 aromatic heterocycles. The quantitative estimate of drug-likeness (QED) is 0.579. The highest BCUT2D eigenvalue weighted by Gasteiger charge is 2.41. The summed E-state index contributed by atoms with van der Waals surface area (Å²) in [4.78, 5) is 25.9. The first-order valence-electron chi connectivity index (χ1n) is 8.19. The molecular formula is C18H20N4O3. The molecule has 2 aliphatic rings. The highest BCUT2D eigenvalue weighted by atomic mass is 16.5. The maximum Gasteiger partial charge on any atom is 0.251 e. The standard InChI is InChI=1S/C18H20N4O3/c1-3-4-10-18(20-21-18)11-9-16(23)19-15-12-22(17(15)24)13-5-7-14(25-2)8-6-13/h1,5-8,15H,4,9-12H2,2H3,(H,19,23). The maximum absolute atomic E-state index is 12.2. The van der Waals surface area contributed by atoms with Crippen molar-refractivity contribution < 1.29 is 14.3 Å². The molecule has 1 atom stereocenters. The summed E-state index contributed by atoms with van der Waals surface area (Å²) >= 11 is 0. The van der Waals surface area contributed by atoms with Gasteiger partial charge >= 0.3 is 0 Å². The lowest BCUT2D eigenvalue weighted by Gasteiger charge is -2.38. The number of anilines is 1. The summed E-state index contributed by atoms with van der Waals surface area (Å²) < 4.78 is 5.10. The van der Waals surface area contributed by atoms with E-state index in [4.69, 9.17) is 11.2 Å². The minimum atomic E-state index is -0.470. The van der Waals surface area contributed by atoms with Gasteiger partial charge in [0.05, 0.1) is 13.7 Å². The Kier molecular flexibility index (Phi) is 4.70. The van der Waals surface area contributed by atoms with Crippen LogP contribution in [0.4, 0.5) is 5.69 Å². The number of nitrogens with one attached hydrogen (secondary N) is 1. The van der Waals surface area contributed by atoms with Crippen LogP contribution in [0.1, 0.15) is 25.7 Å². The SMILES string of the molecule is C#CCCC1(CCC(=O)NC2CN(c3ccc(OC)cc3)C2=O)N=N1. The number of hydrogen-bond donors (Lipinski definition) is 1. The molecule has 2 heterocycles. The Bertz CT molecular complexity index is 730. The first-order valence-corrected chi connectivity index (χ1v) is 8.19. The van der Waals surface area contributed by atoms with E-state index in [2.05, 4.69) is 21.5 Å². The van der Waals surface area contributed by atoms with Crippen LogP contribution in [-0.2, 0) is 9.59 Å². The summed E-state index contributed by atoms with van der Waals surface area (Å²) in [6, 6.07) is 6.77. The van der Waals surface area contributed by atoms with Crippen molar-refractivity contribution in [1.82, 2.24) is 5.32 Å². The maximum atomic E-state index is 12.2. The smallest absolute Gasteiger partial charge is 0.251 e. The number of nitrogens with zero attached hydrogens (tertiary/aromatic N) is 3. The Morgan fingerprint density at radius 2 is 2.12 bits per heavy atom. The third-order valence-corrected chi connectivity index (χ3v) is 4.45. The molecular weight excluding hydrogens is 320 g/mol. The minimum absolute atomic E-state index is 0.110. The second kappa shape index (κ2) is 6.93. The van der Waals surface area contributed by atoms with Crippen LogP contribution in [0.2, 0.25) is 0 Å². The fraction of sp³-hybridized carbons (Fsp3) is 0.444. The van der Waals surface area contributed by atoms with Crippen LogP contribution in [0.5, 0.6) is 5.75 Å². The molecule has 3 rings (SSSR count). The molecule has 1 unspecified atom stereocenters. The minimum Gasteiger partial charge on any atom is -0.497 e. The van der Waals surface area contributed by atoms with Crippen molar-refractivity contribution in [2.45, 2.75) is 37.4 Å². The lowest BCUT2D eigenvalue weighted by Crippen LogP contribution is -2.64. The molecule has 0 bridgehead atoms. The first-order chi connectivity index (χ1) is 12.1. The Morgan fingerprint density at radius 3 is 2.68 bits per heavy atom. The van der Waals surface area contributed by atoms with Crippen molar-refractivity contribution in [3.05, 3.63) is 24.3 Å². The van der Waals surface area contributed by atoms with Crippen LogP contribution < -0.4 is 15.0 Å². The molecule has 0 radical (unpaired) electrons. The van der Waals surface area contributed by atoms with Crippen LogP contribution in [0.3, 0.4) is 0 Å². The molecule has 7 nitrogen and oxygen atoms in total. The number of amides is 2. The van der Waals surface area contributed by atoms with E-state index in [1.165, 1.54) is 0 Å². The Labute approximate surface area is 146 Å². The number of carbonyl (C=O) groups is 2. The predicted octanol–water partition coefficient (Wildman–Crippen LogP) is 1.88. The second-order valence-electron chi connectivity index (χ2n) is 6.15. The number of benzene rings is 1. The summed E-state index contributed by atoms with van der Waals surface area (Å²) in [6.45, 7) is 0.466. The van der Waals surface area contributed by atoms with Crippen molar-refractivity contribution in [3.8, 4) is 18.1 Å². The Balaban J connectivity index is 1.43. The van der Waals surface area contributed by atoms with Gasteiger partial charge in [0.25, 0.3) is 5.91 Å². The molecule has 1 aromatic carbocycles. The van der Waals surface area contributed by atoms with Gasteiger partial charge in [0.1, 0.15) is 11.8 Å². The van der Waals surface area contributed by atoms with Crippen molar-refractivity contribution >= 4 is 17.5 Å². The summed E-state index contributed by atoms with van der Waals surface area (Å²) in [6.07, 6.45) is 7.32. The van der Waals surface area contributed by atoms with Crippen LogP contribution in [-0.4, -0.2) is 37.2 Å². The van der Waals surface area contributed by atoms with Gasteiger partial charge in [-0.1, -0.05) is 0 Å². The molecule has 0 aliphatic carbocycles. The molecule has 1 saturated heterocycles. The monoisotopic (exact) mass is 340 g/mol. The Morgan fingerprint density at radius 1 is 1.40 bits per heavy atom. The zero-order valence-corrected chi connectivity index (χ0v) is 14.1. The number of methoxy groups -OCH3 is 1. The van der Waals surface area contributed by atoms with E-state index >= 15 is 0 Å². The number of ether oxygens (including phenoxy) is 1. The average molecular weight is 340 g/mol. The van der Waals surface area contributed by atoms with Crippen LogP contribution in [0.25, 0.3) is 0 Å². The fourth-order valence-corrected chi connectivity index (χ4v) is 2.78. The highest BCUT2D eigenvalue weighted by Crippen LogP contribution is 2.37. The van der Waals surface area contributed by atoms with E-state index in [1.54, 1.807) is 24.1 Å². The average Bonchev–Trinajstić information content (AvgIpc) is 3.41. The van der Waals surface area contributed by atoms with Gasteiger partial charge in [0.15, 0.2) is 5.66 Å². The van der Waals surface area contributed by atoms with E-state index in [0.29, 0.717) is 25.8 Å². The molecule has 130 valence electrons. The lowest BCUT2D eigenvalue weighted by atomic mass is 10.0. The van der Waals surface area contributed by atoms with Gasteiger partial charge in [-0.05, 0) is 24.3 Å². The third-order valence-electron chi connectivity index (χ3n) is 4.45. The van der Waals surface area contributed by atoms with E-state index in [-0.39, 0.29) is 18.2 Å². The molecule has 7 heteroatoms. The molecule has 25 heavy (non-hydrogen) atoms. The topological polar surface area (TPSA) is 83.4 Å². The summed E-state index contributed by atoms with van der Waals surface area (Å²) in [5.74, 6) is 3.02. The van der Waals surface area contributed by atoms with Gasteiger partial charge in [-0.15, -0.1) is 12.3 Å². The largest absolute Gasteiger partial charge is 0.497 e. The van der Waals surface area contributed by atoms with E-state index in [9.17, 15) is 9.59 Å². The number of β-lactam (4-membered cyclic amide) rings is 1. The van der Waals surface area contributed by atoms with E-state index in [1.807, 2.05) is 12.1 Å². The number of rotatable bonds is 8. The molecule has 1 aromatic rings. The summed E-state index contributed by atoms with van der Waals surface area (Å²) in [5, 5.41) is 10.8. The second-order valence-corrected chi connectivity index (χ2v) is 6.15. The molecule has 2 amide bonds. The van der Waals surface area contributed by atoms with Gasteiger partial charge in [-0.2, -0.15) is 10.2 Å². The van der Waals surface area contributed by atoms with Crippen molar-refractivity contribution in [2.24, 2.45) is 10.2 Å². The van der Waals surface area contributed by atoms with Gasteiger partial charge in [-0.25, -0.2) is 0 Å². The third kappa shape index (κ3) is 3.79. The number of hydrogen-bond acceptors (Lipinski definition) is 5. The van der Waals surface area contributed by atoms with Gasteiger partial charge in [0, 0.05) is 31.4 Å². The molecule has 1 fully saturated rings. The summed E-state index contributed by atoms with van der Waals surface area (Å²) in [7, 11) is 1.59. The van der Waals surface area contributed by atoms with Crippen molar-refractivity contribution in [2.75, 3.05) is 18.6 Å². The van der Waals surface area contributed by atoms with Gasteiger partial charge < -0.3 is 15.0 Å². The van der Waals surface area contributed by atoms with Crippen molar-refractivity contribution in [3.63, 3.8) is 0 Å². The predicted molar refractivity (Wildman–Crippen MR) is 92.2 cm³/mol. The van der Waals surface area contributed by atoms with Crippen LogP contribution >= 0.6 is 0 Å². The lowest BCUT2D eigenvalue weighted by molar-refractivity contribution is -0.130. The Hall–Kier alpha value is -2.88. The van der Waals surface area contributed by atoms with E-state index < -0.39 is 11.7 Å². The molecule has 1 N–H and O–H groups in total. The van der Waals surface area contributed by atoms with Gasteiger partial charge in [0.2, 0.25) is 5.91 Å². The molecule has 2 aliphatic heterocycles. The van der Waals surface area contributed by atoms with Crippen molar-refractivity contribution in [1.29, 1.82) is 0 Å². The zero-order valence-electron chi connectivity index (χ0n) is 14.1. The van der Waals surface area contributed by atoms with E-state index in [0.717, 1.165) is 11.4 Å². The zero-order chi connectivity index (χ0) is 17.9. The molecule has 0 spiro atoms. The van der Waals surface area contributed by atoms with Gasteiger partial charge in [-0.3, -0.25) is 9.59 Å². The number of carbonyl (C=O) groups excluding carboxylic acids is 2. The number of terminal acetylenes is 1. The molecule has 0 saturated carbocycles. The van der Waals surface area contributed by atoms with Crippen LogP contribution in [0, 0.1) is 12.3 Å². The summed E-state index contributed by atoms with van der Waals surface area (Å²) in [5.41, 5.74) is 0.322.